The van der Waals surface area contributed by atoms with Crippen LogP contribution in [0.3, 0.4) is 0 Å². The lowest BCUT2D eigenvalue weighted by Crippen LogP contribution is -2.55. The quantitative estimate of drug-likeness (QED) is 0.760. The SMILES string of the molecule is CC(C(=O)NC(C)(C)C(N)=O)C(N)c1ccccc1.Cl. The zero-order valence-electron chi connectivity index (χ0n) is 11.9. The third kappa shape index (κ3) is 4.51. The molecule has 1 aromatic rings. The fraction of sp³-hybridized carbons (Fsp3) is 0.429. The van der Waals surface area contributed by atoms with Gasteiger partial charge in [0.2, 0.25) is 11.8 Å². The molecule has 5 nitrogen and oxygen atoms in total. The molecule has 0 aliphatic rings. The van der Waals surface area contributed by atoms with Crippen molar-refractivity contribution in [1.29, 1.82) is 0 Å². The highest BCUT2D eigenvalue weighted by Gasteiger charge is 2.31. The molecule has 0 saturated carbocycles. The summed E-state index contributed by atoms with van der Waals surface area (Å²) in [5.74, 6) is -1.33. The summed E-state index contributed by atoms with van der Waals surface area (Å²) in [5, 5.41) is 2.61. The highest BCUT2D eigenvalue weighted by molar-refractivity contribution is 5.90. The van der Waals surface area contributed by atoms with Gasteiger partial charge >= 0.3 is 0 Å². The highest BCUT2D eigenvalue weighted by Crippen LogP contribution is 2.19. The van der Waals surface area contributed by atoms with Gasteiger partial charge in [0.1, 0.15) is 5.54 Å². The minimum atomic E-state index is -1.08. The predicted molar refractivity (Wildman–Crippen MR) is 81.2 cm³/mol. The lowest BCUT2D eigenvalue weighted by Gasteiger charge is -2.27. The van der Waals surface area contributed by atoms with Crippen molar-refractivity contribution in [3.8, 4) is 0 Å². The van der Waals surface area contributed by atoms with Gasteiger partial charge in [-0.1, -0.05) is 37.3 Å². The molecule has 0 radical (unpaired) electrons. The van der Waals surface area contributed by atoms with Crippen molar-refractivity contribution in [2.24, 2.45) is 17.4 Å². The van der Waals surface area contributed by atoms with Gasteiger partial charge in [-0.05, 0) is 19.4 Å². The van der Waals surface area contributed by atoms with E-state index in [-0.39, 0.29) is 18.3 Å². The summed E-state index contributed by atoms with van der Waals surface area (Å²) in [6.07, 6.45) is 0. The summed E-state index contributed by atoms with van der Waals surface area (Å²) in [7, 11) is 0. The first-order chi connectivity index (χ1) is 8.75. The van der Waals surface area contributed by atoms with Crippen LogP contribution in [0, 0.1) is 5.92 Å². The second-order valence-corrected chi connectivity index (χ2v) is 5.20. The minimum Gasteiger partial charge on any atom is -0.368 e. The molecule has 6 heteroatoms. The molecule has 5 N–H and O–H groups in total. The molecule has 1 rings (SSSR count). The van der Waals surface area contributed by atoms with Gasteiger partial charge in [-0.25, -0.2) is 0 Å². The maximum atomic E-state index is 12.1. The molecule has 0 aliphatic heterocycles. The average Bonchev–Trinajstić information content (AvgIpc) is 2.37. The molecule has 1 aromatic carbocycles. The number of carbonyl (C=O) groups is 2. The van der Waals surface area contributed by atoms with Crippen LogP contribution in [-0.2, 0) is 9.59 Å². The van der Waals surface area contributed by atoms with E-state index < -0.39 is 23.4 Å². The van der Waals surface area contributed by atoms with E-state index in [0.717, 1.165) is 5.56 Å². The molecule has 20 heavy (non-hydrogen) atoms. The highest BCUT2D eigenvalue weighted by atomic mass is 35.5. The van der Waals surface area contributed by atoms with E-state index in [1.54, 1.807) is 20.8 Å². The molecule has 2 atom stereocenters. The lowest BCUT2D eigenvalue weighted by molar-refractivity contribution is -0.132. The number of primary amides is 1. The largest absolute Gasteiger partial charge is 0.368 e. The van der Waals surface area contributed by atoms with E-state index in [1.165, 1.54) is 0 Å². The Labute approximate surface area is 125 Å². The summed E-state index contributed by atoms with van der Waals surface area (Å²) >= 11 is 0. The van der Waals surface area contributed by atoms with Crippen LogP contribution in [0.2, 0.25) is 0 Å². The summed E-state index contributed by atoms with van der Waals surface area (Å²) < 4.78 is 0. The lowest BCUT2D eigenvalue weighted by atomic mass is 9.93. The topological polar surface area (TPSA) is 98.2 Å². The number of nitrogens with two attached hydrogens (primary N) is 2. The Morgan fingerprint density at radius 1 is 1.20 bits per heavy atom. The van der Waals surface area contributed by atoms with Crippen LogP contribution in [0.15, 0.2) is 30.3 Å². The van der Waals surface area contributed by atoms with Crippen molar-refractivity contribution >= 4 is 24.2 Å². The molecular weight excluding hydrogens is 278 g/mol. The molecule has 0 fully saturated rings. The van der Waals surface area contributed by atoms with Gasteiger partial charge in [0.05, 0.1) is 5.92 Å². The second-order valence-electron chi connectivity index (χ2n) is 5.20. The van der Waals surface area contributed by atoms with Gasteiger partial charge in [-0.2, -0.15) is 0 Å². The molecule has 0 heterocycles. The van der Waals surface area contributed by atoms with Gasteiger partial charge < -0.3 is 16.8 Å². The zero-order valence-corrected chi connectivity index (χ0v) is 12.7. The first kappa shape index (κ1) is 18.4. The fourth-order valence-corrected chi connectivity index (χ4v) is 1.61. The summed E-state index contributed by atoms with van der Waals surface area (Å²) in [5.41, 5.74) is 11.1. The van der Waals surface area contributed by atoms with Crippen LogP contribution < -0.4 is 16.8 Å². The van der Waals surface area contributed by atoms with E-state index in [4.69, 9.17) is 11.5 Å². The van der Waals surface area contributed by atoms with Crippen LogP contribution in [0.4, 0.5) is 0 Å². The van der Waals surface area contributed by atoms with Crippen molar-refractivity contribution in [1.82, 2.24) is 5.32 Å². The van der Waals surface area contributed by atoms with Crippen molar-refractivity contribution < 1.29 is 9.59 Å². The van der Waals surface area contributed by atoms with Crippen LogP contribution >= 0.6 is 12.4 Å². The van der Waals surface area contributed by atoms with Crippen molar-refractivity contribution in [3.05, 3.63) is 35.9 Å². The maximum Gasteiger partial charge on any atom is 0.242 e. The third-order valence-electron chi connectivity index (χ3n) is 3.19. The van der Waals surface area contributed by atoms with E-state index in [2.05, 4.69) is 5.32 Å². The molecule has 0 bridgehead atoms. The van der Waals surface area contributed by atoms with E-state index in [0.29, 0.717) is 0 Å². The molecule has 112 valence electrons. The molecule has 0 saturated heterocycles. The Morgan fingerprint density at radius 3 is 2.15 bits per heavy atom. The predicted octanol–water partition coefficient (Wildman–Crippen LogP) is 1.12. The van der Waals surface area contributed by atoms with Gasteiger partial charge in [0.15, 0.2) is 0 Å². The van der Waals surface area contributed by atoms with Gasteiger partial charge in [-0.3, -0.25) is 9.59 Å². The molecule has 0 spiro atoms. The van der Waals surface area contributed by atoms with Crippen molar-refractivity contribution in [2.75, 3.05) is 0 Å². The average molecular weight is 300 g/mol. The van der Waals surface area contributed by atoms with Gasteiger partial charge in [0, 0.05) is 6.04 Å². The Morgan fingerprint density at radius 2 is 1.70 bits per heavy atom. The number of amides is 2. The number of rotatable bonds is 5. The number of benzene rings is 1. The number of hydrogen-bond donors (Lipinski definition) is 3. The standard InChI is InChI=1S/C14H21N3O2.ClH/c1-9(11(15)10-7-5-4-6-8-10)12(18)17-14(2,3)13(16)19;/h4-9,11H,15H2,1-3H3,(H2,16,19)(H,17,18);1H. The Bertz CT molecular complexity index is 463. The van der Waals surface area contributed by atoms with E-state index in [1.807, 2.05) is 30.3 Å². The smallest absolute Gasteiger partial charge is 0.242 e. The zero-order chi connectivity index (χ0) is 14.6. The molecule has 2 amide bonds. The Hall–Kier alpha value is -1.59. The molecule has 0 aromatic heterocycles. The molecular formula is C14H22ClN3O2. The fourth-order valence-electron chi connectivity index (χ4n) is 1.61. The summed E-state index contributed by atoms with van der Waals surface area (Å²) in [4.78, 5) is 23.3. The van der Waals surface area contributed by atoms with E-state index in [9.17, 15) is 9.59 Å². The first-order valence-corrected chi connectivity index (χ1v) is 6.18. The monoisotopic (exact) mass is 299 g/mol. The summed E-state index contributed by atoms with van der Waals surface area (Å²) in [6.45, 7) is 4.85. The number of carbonyl (C=O) groups excluding carboxylic acids is 2. The summed E-state index contributed by atoms with van der Waals surface area (Å²) in [6, 6.07) is 8.93. The van der Waals surface area contributed by atoms with Crippen molar-refractivity contribution in [3.63, 3.8) is 0 Å². The van der Waals surface area contributed by atoms with Crippen LogP contribution in [-0.4, -0.2) is 17.4 Å². The Kier molecular flexibility index (Phi) is 6.68. The van der Waals surface area contributed by atoms with Gasteiger partial charge in [-0.15, -0.1) is 12.4 Å². The Balaban J connectivity index is 0.00000361. The van der Waals surface area contributed by atoms with Crippen LogP contribution in [0.1, 0.15) is 32.4 Å². The number of nitrogens with one attached hydrogen (secondary N) is 1. The van der Waals surface area contributed by atoms with Crippen LogP contribution in [0.25, 0.3) is 0 Å². The normalized spacial score (nSPS) is 13.8. The first-order valence-electron chi connectivity index (χ1n) is 6.18. The number of halogens is 1. The molecule has 2 unspecified atom stereocenters. The van der Waals surface area contributed by atoms with Crippen LogP contribution in [0.5, 0.6) is 0 Å². The second kappa shape index (κ2) is 7.26. The van der Waals surface area contributed by atoms with Crippen molar-refractivity contribution in [2.45, 2.75) is 32.4 Å². The number of hydrogen-bond acceptors (Lipinski definition) is 3. The van der Waals surface area contributed by atoms with Gasteiger partial charge in [0.25, 0.3) is 0 Å². The van der Waals surface area contributed by atoms with E-state index >= 15 is 0 Å². The minimum absolute atomic E-state index is 0. The molecule has 0 aliphatic carbocycles. The maximum absolute atomic E-state index is 12.1. The third-order valence-corrected chi connectivity index (χ3v) is 3.19.